The molecule has 6 nitrogen and oxygen atoms in total. The van der Waals surface area contributed by atoms with Crippen molar-refractivity contribution in [2.75, 3.05) is 14.2 Å². The molecule has 2 N–H and O–H groups in total. The Hall–Kier alpha value is -3.06. The van der Waals surface area contributed by atoms with Crippen molar-refractivity contribution < 1.29 is 19.1 Å². The minimum Gasteiger partial charge on any atom is -0.496 e. The van der Waals surface area contributed by atoms with Gasteiger partial charge in [-0.3, -0.25) is 14.5 Å². The Labute approximate surface area is 209 Å². The monoisotopic (exact) mass is 500 g/mol. The first kappa shape index (κ1) is 25.6. The van der Waals surface area contributed by atoms with Gasteiger partial charge in [-0.1, -0.05) is 35.3 Å². The highest BCUT2D eigenvalue weighted by atomic mass is 35.5. The van der Waals surface area contributed by atoms with Crippen LogP contribution in [0.2, 0.25) is 10.0 Å². The second-order valence-electron chi connectivity index (χ2n) is 7.77. The van der Waals surface area contributed by atoms with Crippen molar-refractivity contribution >= 4 is 35.0 Å². The molecule has 0 aromatic heterocycles. The molecule has 0 unspecified atom stereocenters. The first-order valence-corrected chi connectivity index (χ1v) is 11.3. The highest BCUT2D eigenvalue weighted by Crippen LogP contribution is 2.30. The van der Waals surface area contributed by atoms with Crippen LogP contribution in [0.1, 0.15) is 43.0 Å². The largest absolute Gasteiger partial charge is 0.496 e. The SMILES string of the molecule is COc1cc(Cl)c(CN)cc1C.COc1cc(Cl)c(CN2C(=O)c3ccccc3C2=O)cc1C. The molecular formula is C26H26Cl2N2O4. The Morgan fingerprint density at radius 1 is 0.794 bits per heavy atom. The maximum Gasteiger partial charge on any atom is 0.261 e. The number of rotatable bonds is 5. The van der Waals surface area contributed by atoms with Crippen molar-refractivity contribution in [2.24, 2.45) is 5.73 Å². The van der Waals surface area contributed by atoms with Crippen LogP contribution in [0.4, 0.5) is 0 Å². The fourth-order valence-corrected chi connectivity index (χ4v) is 4.16. The molecule has 3 aromatic carbocycles. The number of nitrogens with two attached hydrogens (primary N) is 1. The average molecular weight is 501 g/mol. The lowest BCUT2D eigenvalue weighted by Gasteiger charge is -2.16. The van der Waals surface area contributed by atoms with Crippen LogP contribution in [0.3, 0.4) is 0 Å². The van der Waals surface area contributed by atoms with Gasteiger partial charge in [-0.15, -0.1) is 0 Å². The van der Waals surface area contributed by atoms with Gasteiger partial charge in [0.2, 0.25) is 0 Å². The second-order valence-corrected chi connectivity index (χ2v) is 8.59. The van der Waals surface area contributed by atoms with E-state index in [1.165, 1.54) is 4.90 Å². The summed E-state index contributed by atoms with van der Waals surface area (Å²) in [4.78, 5) is 26.0. The molecule has 178 valence electrons. The molecule has 2 amide bonds. The normalized spacial score (nSPS) is 12.3. The molecule has 0 saturated heterocycles. The van der Waals surface area contributed by atoms with Gasteiger partial charge in [-0.25, -0.2) is 0 Å². The molecule has 1 heterocycles. The highest BCUT2D eigenvalue weighted by molar-refractivity contribution is 6.32. The molecule has 0 aliphatic carbocycles. The summed E-state index contributed by atoms with van der Waals surface area (Å²) in [7, 11) is 3.20. The van der Waals surface area contributed by atoms with E-state index in [-0.39, 0.29) is 18.4 Å². The Morgan fingerprint density at radius 2 is 1.24 bits per heavy atom. The molecular weight excluding hydrogens is 475 g/mol. The fourth-order valence-electron chi connectivity index (χ4n) is 3.72. The van der Waals surface area contributed by atoms with Crippen molar-refractivity contribution in [3.05, 3.63) is 92.0 Å². The van der Waals surface area contributed by atoms with Crippen LogP contribution in [0.25, 0.3) is 0 Å². The van der Waals surface area contributed by atoms with Crippen LogP contribution < -0.4 is 15.2 Å². The minimum absolute atomic E-state index is 0.149. The van der Waals surface area contributed by atoms with Gasteiger partial charge in [0, 0.05) is 16.6 Å². The molecule has 0 radical (unpaired) electrons. The summed E-state index contributed by atoms with van der Waals surface area (Å²) >= 11 is 12.2. The van der Waals surface area contributed by atoms with E-state index in [9.17, 15) is 9.59 Å². The number of ether oxygens (including phenoxy) is 2. The number of halogens is 2. The van der Waals surface area contributed by atoms with Crippen LogP contribution >= 0.6 is 23.2 Å². The van der Waals surface area contributed by atoms with Crippen molar-refractivity contribution in [3.8, 4) is 11.5 Å². The molecule has 1 aliphatic heterocycles. The molecule has 0 saturated carbocycles. The van der Waals surface area contributed by atoms with E-state index >= 15 is 0 Å². The number of hydrogen-bond donors (Lipinski definition) is 1. The van der Waals surface area contributed by atoms with E-state index in [4.69, 9.17) is 38.4 Å². The third-order valence-corrected chi connectivity index (χ3v) is 6.26. The van der Waals surface area contributed by atoms with Crippen LogP contribution in [0, 0.1) is 13.8 Å². The Bertz CT molecular complexity index is 1180. The number of nitrogens with zero attached hydrogens (tertiary/aromatic N) is 1. The molecule has 0 spiro atoms. The highest BCUT2D eigenvalue weighted by Gasteiger charge is 2.35. The van der Waals surface area contributed by atoms with Crippen molar-refractivity contribution in [1.29, 1.82) is 0 Å². The zero-order valence-electron chi connectivity index (χ0n) is 19.4. The Morgan fingerprint density at radius 3 is 1.68 bits per heavy atom. The first-order valence-electron chi connectivity index (χ1n) is 10.5. The Balaban J connectivity index is 0.000000229. The number of benzene rings is 3. The quantitative estimate of drug-likeness (QED) is 0.463. The standard InChI is InChI=1S/C17H14ClNO3.C9H12ClNO/c1-10-7-11(14(18)8-15(10)22-2)9-19-16(20)12-5-3-4-6-13(12)17(19)21;1-6-3-7(5-11)8(10)4-9(6)12-2/h3-8H,9H2,1-2H3;3-4H,5,11H2,1-2H3. The number of aryl methyl sites for hydroxylation is 2. The molecule has 34 heavy (non-hydrogen) atoms. The molecule has 0 fully saturated rings. The molecule has 0 atom stereocenters. The van der Waals surface area contributed by atoms with Crippen LogP contribution in [0.15, 0.2) is 48.5 Å². The average Bonchev–Trinajstić information content (AvgIpc) is 3.07. The van der Waals surface area contributed by atoms with E-state index in [0.29, 0.717) is 33.5 Å². The topological polar surface area (TPSA) is 81.9 Å². The number of imide groups is 1. The lowest BCUT2D eigenvalue weighted by Crippen LogP contribution is -2.29. The van der Waals surface area contributed by atoms with Gasteiger partial charge in [-0.05, 0) is 72.5 Å². The minimum atomic E-state index is -0.287. The van der Waals surface area contributed by atoms with Gasteiger partial charge in [0.05, 0.1) is 31.9 Å². The fraction of sp³-hybridized carbons (Fsp3) is 0.231. The Kier molecular flexibility index (Phi) is 8.20. The maximum atomic E-state index is 12.4. The number of amides is 2. The summed E-state index contributed by atoms with van der Waals surface area (Å²) in [6, 6.07) is 14.1. The van der Waals surface area contributed by atoms with Crippen molar-refractivity contribution in [2.45, 2.75) is 26.9 Å². The summed E-state index contributed by atoms with van der Waals surface area (Å²) in [5.74, 6) is 0.906. The van der Waals surface area contributed by atoms with Gasteiger partial charge in [0.25, 0.3) is 11.8 Å². The third kappa shape index (κ3) is 5.20. The summed E-state index contributed by atoms with van der Waals surface area (Å²) in [5.41, 5.74) is 9.99. The summed E-state index contributed by atoms with van der Waals surface area (Å²) in [6.07, 6.45) is 0. The zero-order chi connectivity index (χ0) is 25.0. The first-order chi connectivity index (χ1) is 16.2. The zero-order valence-corrected chi connectivity index (χ0v) is 21.0. The van der Waals surface area contributed by atoms with Crippen LogP contribution in [0.5, 0.6) is 11.5 Å². The summed E-state index contributed by atoms with van der Waals surface area (Å²) in [5, 5.41) is 1.14. The lowest BCUT2D eigenvalue weighted by molar-refractivity contribution is 0.0642. The van der Waals surface area contributed by atoms with Crippen LogP contribution in [-0.2, 0) is 13.1 Å². The van der Waals surface area contributed by atoms with E-state index < -0.39 is 0 Å². The smallest absolute Gasteiger partial charge is 0.261 e. The molecule has 8 heteroatoms. The van der Waals surface area contributed by atoms with E-state index in [1.807, 2.05) is 26.0 Å². The maximum absolute atomic E-state index is 12.4. The van der Waals surface area contributed by atoms with Gasteiger partial charge >= 0.3 is 0 Å². The summed E-state index contributed by atoms with van der Waals surface area (Å²) < 4.78 is 10.3. The van der Waals surface area contributed by atoms with E-state index in [0.717, 1.165) is 28.0 Å². The lowest BCUT2D eigenvalue weighted by atomic mass is 10.1. The number of fused-ring (bicyclic) bond motifs is 1. The number of carbonyl (C=O) groups excluding carboxylic acids is 2. The third-order valence-electron chi connectivity index (χ3n) is 5.55. The second kappa shape index (κ2) is 10.9. The summed E-state index contributed by atoms with van der Waals surface area (Å²) in [6.45, 7) is 4.47. The van der Waals surface area contributed by atoms with Gasteiger partial charge in [0.1, 0.15) is 11.5 Å². The number of hydrogen-bond acceptors (Lipinski definition) is 5. The molecule has 0 bridgehead atoms. The van der Waals surface area contributed by atoms with Crippen molar-refractivity contribution in [1.82, 2.24) is 4.90 Å². The predicted molar refractivity (Wildman–Crippen MR) is 134 cm³/mol. The van der Waals surface area contributed by atoms with Gasteiger partial charge < -0.3 is 15.2 Å². The van der Waals surface area contributed by atoms with Crippen molar-refractivity contribution in [3.63, 3.8) is 0 Å². The van der Waals surface area contributed by atoms with E-state index in [2.05, 4.69) is 0 Å². The van der Waals surface area contributed by atoms with Crippen LogP contribution in [-0.4, -0.2) is 30.9 Å². The predicted octanol–water partition coefficient (Wildman–Crippen LogP) is 5.57. The van der Waals surface area contributed by atoms with Gasteiger partial charge in [-0.2, -0.15) is 0 Å². The van der Waals surface area contributed by atoms with Gasteiger partial charge in [0.15, 0.2) is 0 Å². The number of carbonyl (C=O) groups is 2. The van der Waals surface area contributed by atoms with E-state index in [1.54, 1.807) is 50.6 Å². The molecule has 1 aliphatic rings. The number of methoxy groups -OCH3 is 2. The molecule has 4 rings (SSSR count). The molecule has 3 aromatic rings.